The number of nitrogens with zero attached hydrogens (tertiary/aromatic N) is 5. The van der Waals surface area contributed by atoms with Crippen molar-refractivity contribution in [1.29, 1.82) is 0 Å². The third-order valence-electron chi connectivity index (χ3n) is 7.03. The summed E-state index contributed by atoms with van der Waals surface area (Å²) in [6.07, 6.45) is 4.37. The smallest absolute Gasteiger partial charge is 0.381 e. The Labute approximate surface area is 198 Å². The van der Waals surface area contributed by atoms with E-state index in [1.165, 1.54) is 6.20 Å². The first-order valence-electron chi connectivity index (χ1n) is 11.8. The van der Waals surface area contributed by atoms with Gasteiger partial charge in [-0.25, -0.2) is 0 Å². The molecule has 2 aromatic rings. The minimum Gasteiger partial charge on any atom is -0.494 e. The Morgan fingerprint density at radius 1 is 1.12 bits per heavy atom. The van der Waals surface area contributed by atoms with Crippen LogP contribution in [0, 0.1) is 22.5 Å². The number of aromatic nitrogens is 2. The Balaban J connectivity index is 1.27. The molecule has 10 nitrogen and oxygen atoms in total. The first-order chi connectivity index (χ1) is 16.3. The van der Waals surface area contributed by atoms with Gasteiger partial charge in [0.05, 0.1) is 6.61 Å². The number of carbonyl (C=O) groups is 2. The highest BCUT2D eigenvalue weighted by molar-refractivity contribution is 5.94. The number of nitro groups is 1. The molecule has 182 valence electrons. The molecule has 2 amide bonds. The highest BCUT2D eigenvalue weighted by Crippen LogP contribution is 2.40. The molecule has 0 aliphatic carbocycles. The van der Waals surface area contributed by atoms with E-state index in [4.69, 9.17) is 4.74 Å². The summed E-state index contributed by atoms with van der Waals surface area (Å²) in [4.78, 5) is 43.8. The molecule has 0 N–H and O–H groups in total. The first-order valence-corrected chi connectivity index (χ1v) is 11.8. The topological polar surface area (TPSA) is 111 Å². The molecule has 2 saturated heterocycles. The molecule has 2 aliphatic rings. The Morgan fingerprint density at radius 2 is 1.76 bits per heavy atom. The lowest BCUT2D eigenvalue weighted by atomic mass is 9.77. The number of hydrogen-bond donors (Lipinski definition) is 0. The van der Waals surface area contributed by atoms with Gasteiger partial charge < -0.3 is 29.2 Å². The van der Waals surface area contributed by atoms with Crippen LogP contribution in [-0.4, -0.2) is 68.9 Å². The van der Waals surface area contributed by atoms with Crippen LogP contribution < -0.4 is 4.74 Å². The van der Waals surface area contributed by atoms with Crippen LogP contribution >= 0.6 is 0 Å². The summed E-state index contributed by atoms with van der Waals surface area (Å²) in [6.45, 7) is 7.39. The van der Waals surface area contributed by atoms with Crippen LogP contribution in [0.2, 0.25) is 0 Å². The third-order valence-corrected chi connectivity index (χ3v) is 7.03. The molecule has 3 heterocycles. The summed E-state index contributed by atoms with van der Waals surface area (Å²) in [7, 11) is 0. The fourth-order valence-electron chi connectivity index (χ4n) is 4.96. The normalized spacial score (nSPS) is 17.2. The van der Waals surface area contributed by atoms with Crippen LogP contribution in [0.15, 0.2) is 30.5 Å². The molecule has 1 spiro atoms. The van der Waals surface area contributed by atoms with Gasteiger partial charge in [0.1, 0.15) is 11.9 Å². The maximum absolute atomic E-state index is 12.9. The van der Waals surface area contributed by atoms with Crippen molar-refractivity contribution in [3.8, 4) is 5.75 Å². The number of hydrogen-bond acceptors (Lipinski definition) is 6. The number of carbonyl (C=O) groups excluding carboxylic acids is 2. The van der Waals surface area contributed by atoms with Crippen LogP contribution in [0.25, 0.3) is 0 Å². The molecule has 10 heteroatoms. The molecule has 0 radical (unpaired) electrons. The van der Waals surface area contributed by atoms with Gasteiger partial charge in [0.15, 0.2) is 0 Å². The third kappa shape index (κ3) is 5.05. The summed E-state index contributed by atoms with van der Waals surface area (Å²) in [5.74, 6) is 1.18. The summed E-state index contributed by atoms with van der Waals surface area (Å²) >= 11 is 0. The second-order valence-corrected chi connectivity index (χ2v) is 9.16. The zero-order valence-electron chi connectivity index (χ0n) is 19.7. The van der Waals surface area contributed by atoms with E-state index in [0.29, 0.717) is 50.7 Å². The van der Waals surface area contributed by atoms with Crippen molar-refractivity contribution in [3.63, 3.8) is 0 Å². The SMILES string of the molecule is CCOc1ccc(C(=O)N2CCC3(CCN(C(=O)CCn4cc([N+](=O)[O-])nc4C)C3)CC2)cc1. The van der Waals surface area contributed by atoms with Crippen molar-refractivity contribution in [2.24, 2.45) is 5.41 Å². The number of piperidine rings is 1. The Kier molecular flexibility index (Phi) is 6.85. The predicted molar refractivity (Wildman–Crippen MR) is 125 cm³/mol. The highest BCUT2D eigenvalue weighted by Gasteiger charge is 2.42. The van der Waals surface area contributed by atoms with Crippen molar-refractivity contribution in [2.45, 2.75) is 46.1 Å². The van der Waals surface area contributed by atoms with Gasteiger partial charge >= 0.3 is 5.82 Å². The average molecular weight is 470 g/mol. The van der Waals surface area contributed by atoms with Gasteiger partial charge in [-0.3, -0.25) is 9.59 Å². The second-order valence-electron chi connectivity index (χ2n) is 9.16. The molecule has 0 unspecified atom stereocenters. The molecule has 1 aromatic heterocycles. The average Bonchev–Trinajstić information content (AvgIpc) is 3.42. The monoisotopic (exact) mass is 469 g/mol. The summed E-state index contributed by atoms with van der Waals surface area (Å²) in [5, 5.41) is 10.9. The molecular weight excluding hydrogens is 438 g/mol. The summed E-state index contributed by atoms with van der Waals surface area (Å²) < 4.78 is 7.11. The lowest BCUT2D eigenvalue weighted by molar-refractivity contribution is -0.389. The number of benzene rings is 1. The van der Waals surface area contributed by atoms with Crippen molar-refractivity contribution in [3.05, 3.63) is 52.0 Å². The van der Waals surface area contributed by atoms with E-state index in [1.54, 1.807) is 11.5 Å². The molecule has 0 bridgehead atoms. The number of amides is 2. The lowest BCUT2D eigenvalue weighted by Crippen LogP contribution is -2.44. The Bertz CT molecular complexity index is 1060. The van der Waals surface area contributed by atoms with E-state index in [9.17, 15) is 19.7 Å². The van der Waals surface area contributed by atoms with Gasteiger partial charge in [0, 0.05) is 51.6 Å². The number of rotatable bonds is 7. The van der Waals surface area contributed by atoms with Crippen LogP contribution in [0.1, 0.15) is 48.8 Å². The van der Waals surface area contributed by atoms with Crippen molar-refractivity contribution >= 4 is 17.6 Å². The van der Waals surface area contributed by atoms with E-state index in [2.05, 4.69) is 4.98 Å². The van der Waals surface area contributed by atoms with Crippen LogP contribution in [0.4, 0.5) is 5.82 Å². The Hall–Kier alpha value is -3.43. The standard InChI is InChI=1S/C24H31N5O5/c1-3-34-20-6-4-19(5-7-20)23(31)26-13-9-24(10-14-26)11-15-28(17-24)22(30)8-12-27-16-21(29(32)33)25-18(27)2/h4-7,16H,3,8-15,17H2,1-2H3. The lowest BCUT2D eigenvalue weighted by Gasteiger charge is -2.39. The number of likely N-dealkylation sites (tertiary alicyclic amines) is 2. The minimum absolute atomic E-state index is 0.0358. The van der Waals surface area contributed by atoms with Crippen molar-refractivity contribution in [2.75, 3.05) is 32.8 Å². The fourth-order valence-corrected chi connectivity index (χ4v) is 4.96. The molecule has 1 aromatic carbocycles. The largest absolute Gasteiger partial charge is 0.494 e. The van der Waals surface area contributed by atoms with Crippen molar-refractivity contribution < 1.29 is 19.2 Å². The van der Waals surface area contributed by atoms with Crippen molar-refractivity contribution in [1.82, 2.24) is 19.4 Å². The van der Waals surface area contributed by atoms with E-state index >= 15 is 0 Å². The van der Waals surface area contributed by atoms with Gasteiger partial charge in [-0.2, -0.15) is 0 Å². The number of imidazole rings is 1. The van der Waals surface area contributed by atoms with Gasteiger partial charge in [0.25, 0.3) is 5.91 Å². The predicted octanol–water partition coefficient (Wildman–Crippen LogP) is 3.04. The molecular formula is C24H31N5O5. The van der Waals surface area contributed by atoms with Gasteiger partial charge in [0.2, 0.25) is 11.7 Å². The molecule has 2 fully saturated rings. The first kappa shape index (κ1) is 23.7. The molecule has 4 rings (SSSR count). The molecule has 34 heavy (non-hydrogen) atoms. The molecule has 0 saturated carbocycles. The van der Waals surface area contributed by atoms with Crippen LogP contribution in [0.5, 0.6) is 5.75 Å². The molecule has 0 atom stereocenters. The molecule has 2 aliphatic heterocycles. The van der Waals surface area contributed by atoms with Gasteiger partial charge in [-0.15, -0.1) is 0 Å². The maximum atomic E-state index is 12.9. The van der Waals surface area contributed by atoms with Gasteiger partial charge in [-0.05, 0) is 65.8 Å². The van der Waals surface area contributed by atoms with E-state index in [1.807, 2.05) is 41.0 Å². The van der Waals surface area contributed by atoms with E-state index in [-0.39, 0.29) is 29.5 Å². The van der Waals surface area contributed by atoms with Gasteiger partial charge in [-0.1, -0.05) is 0 Å². The highest BCUT2D eigenvalue weighted by atomic mass is 16.6. The van der Waals surface area contributed by atoms with E-state index < -0.39 is 4.92 Å². The van der Waals surface area contributed by atoms with Crippen LogP contribution in [-0.2, 0) is 11.3 Å². The van der Waals surface area contributed by atoms with Crippen LogP contribution in [0.3, 0.4) is 0 Å². The second kappa shape index (κ2) is 9.82. The maximum Gasteiger partial charge on any atom is 0.381 e. The summed E-state index contributed by atoms with van der Waals surface area (Å²) in [5.41, 5.74) is 0.729. The van der Waals surface area contributed by atoms with E-state index in [0.717, 1.165) is 25.0 Å². The minimum atomic E-state index is -0.525. The zero-order valence-corrected chi connectivity index (χ0v) is 19.7. The fraction of sp³-hybridized carbons (Fsp3) is 0.542. The Morgan fingerprint density at radius 3 is 2.35 bits per heavy atom. The summed E-state index contributed by atoms with van der Waals surface area (Å²) in [6, 6.07) is 7.27. The number of aryl methyl sites for hydroxylation is 2. The zero-order chi connectivity index (χ0) is 24.3. The number of ether oxygens (including phenoxy) is 1. The quantitative estimate of drug-likeness (QED) is 0.455.